The number of carbonyl (C=O) groups excluding carboxylic acids is 1. The number of nitrogens with zero attached hydrogens (tertiary/aromatic N) is 2. The van der Waals surface area contributed by atoms with Gasteiger partial charge in [0.15, 0.2) is 0 Å². The molecular formula is C14H22N2O. The van der Waals surface area contributed by atoms with E-state index in [0.29, 0.717) is 0 Å². The van der Waals surface area contributed by atoms with Crippen LogP contribution in [-0.4, -0.2) is 28.9 Å². The first kappa shape index (κ1) is 13.7. The normalized spacial score (nSPS) is 14.5. The van der Waals surface area contributed by atoms with Crippen LogP contribution < -0.4 is 0 Å². The molecule has 2 rings (SSSR count). The Morgan fingerprint density at radius 3 is 2.76 bits per heavy atom. The molecule has 0 N–H and O–H groups in total. The Morgan fingerprint density at radius 2 is 2.12 bits per heavy atom. The molecule has 1 aliphatic rings. The number of likely N-dealkylation sites (tertiary alicyclic amines) is 1. The monoisotopic (exact) mass is 234 g/mol. The predicted octanol–water partition coefficient (Wildman–Crippen LogP) is 2.91. The van der Waals surface area contributed by atoms with Crippen LogP contribution in [0.25, 0.3) is 0 Å². The number of aromatic nitrogens is 1. The Morgan fingerprint density at radius 1 is 1.41 bits per heavy atom. The summed E-state index contributed by atoms with van der Waals surface area (Å²) in [7, 11) is 0. The van der Waals surface area contributed by atoms with Gasteiger partial charge in [-0.1, -0.05) is 20.8 Å². The standard InChI is InChI=1S/C13H18N2O.CH4/c1-2-5-12-10-11(6-7-14-12)13(16)15-8-3-4-9-15;/h6-7,10H,2-5,8-9H2,1H3;1H4. The molecular weight excluding hydrogens is 212 g/mol. The van der Waals surface area contributed by atoms with Crippen molar-refractivity contribution in [1.29, 1.82) is 0 Å². The number of carbonyl (C=O) groups is 1. The maximum atomic E-state index is 12.1. The summed E-state index contributed by atoms with van der Waals surface area (Å²) in [5, 5.41) is 0. The number of amides is 1. The summed E-state index contributed by atoms with van der Waals surface area (Å²) >= 11 is 0. The van der Waals surface area contributed by atoms with E-state index in [1.165, 1.54) is 0 Å². The molecule has 0 spiro atoms. The third-order valence-electron chi connectivity index (χ3n) is 2.96. The highest BCUT2D eigenvalue weighted by molar-refractivity contribution is 5.94. The van der Waals surface area contributed by atoms with Crippen molar-refractivity contribution in [3.05, 3.63) is 29.6 Å². The van der Waals surface area contributed by atoms with E-state index in [-0.39, 0.29) is 13.3 Å². The summed E-state index contributed by atoms with van der Waals surface area (Å²) in [5.41, 5.74) is 1.81. The highest BCUT2D eigenvalue weighted by atomic mass is 16.2. The van der Waals surface area contributed by atoms with E-state index in [1.54, 1.807) is 6.20 Å². The van der Waals surface area contributed by atoms with Crippen LogP contribution in [0.4, 0.5) is 0 Å². The lowest BCUT2D eigenvalue weighted by molar-refractivity contribution is 0.0792. The smallest absolute Gasteiger partial charge is 0.253 e. The maximum Gasteiger partial charge on any atom is 0.253 e. The van der Waals surface area contributed by atoms with Crippen molar-refractivity contribution < 1.29 is 4.79 Å². The van der Waals surface area contributed by atoms with Crippen LogP contribution in [0.3, 0.4) is 0 Å². The van der Waals surface area contributed by atoms with Gasteiger partial charge in [0.1, 0.15) is 0 Å². The number of aryl methyl sites for hydroxylation is 1. The maximum absolute atomic E-state index is 12.1. The number of rotatable bonds is 3. The average molecular weight is 234 g/mol. The van der Waals surface area contributed by atoms with E-state index in [9.17, 15) is 4.79 Å². The van der Waals surface area contributed by atoms with Gasteiger partial charge in [-0.05, 0) is 31.4 Å². The summed E-state index contributed by atoms with van der Waals surface area (Å²) in [4.78, 5) is 18.3. The van der Waals surface area contributed by atoms with Gasteiger partial charge in [-0.25, -0.2) is 0 Å². The van der Waals surface area contributed by atoms with Crippen molar-refractivity contribution in [3.63, 3.8) is 0 Å². The van der Waals surface area contributed by atoms with Crippen LogP contribution in [0.2, 0.25) is 0 Å². The summed E-state index contributed by atoms with van der Waals surface area (Å²) in [6.45, 7) is 3.94. The van der Waals surface area contributed by atoms with Crippen LogP contribution in [0.5, 0.6) is 0 Å². The molecule has 3 heteroatoms. The Hall–Kier alpha value is -1.38. The van der Waals surface area contributed by atoms with Crippen molar-refractivity contribution in [2.75, 3.05) is 13.1 Å². The molecule has 0 aliphatic carbocycles. The Labute approximate surface area is 104 Å². The zero-order chi connectivity index (χ0) is 11.4. The number of hydrogen-bond acceptors (Lipinski definition) is 2. The van der Waals surface area contributed by atoms with Crippen LogP contribution in [0.15, 0.2) is 18.3 Å². The predicted molar refractivity (Wildman–Crippen MR) is 70.1 cm³/mol. The van der Waals surface area contributed by atoms with Gasteiger partial charge < -0.3 is 4.90 Å². The van der Waals surface area contributed by atoms with Gasteiger partial charge in [-0.15, -0.1) is 0 Å². The lowest BCUT2D eigenvalue weighted by Crippen LogP contribution is -2.27. The SMILES string of the molecule is C.CCCc1cc(C(=O)N2CCCC2)ccn1. The van der Waals surface area contributed by atoms with Gasteiger partial charge >= 0.3 is 0 Å². The van der Waals surface area contributed by atoms with E-state index in [1.807, 2.05) is 17.0 Å². The minimum absolute atomic E-state index is 0. The molecule has 0 saturated carbocycles. The molecule has 0 aromatic carbocycles. The fourth-order valence-electron chi connectivity index (χ4n) is 2.11. The van der Waals surface area contributed by atoms with E-state index in [2.05, 4.69) is 11.9 Å². The molecule has 0 unspecified atom stereocenters. The van der Waals surface area contributed by atoms with Crippen LogP contribution in [0, 0.1) is 0 Å². The third-order valence-corrected chi connectivity index (χ3v) is 2.96. The van der Waals surface area contributed by atoms with Crippen LogP contribution in [0.1, 0.15) is 49.7 Å². The second kappa shape index (κ2) is 6.38. The number of hydrogen-bond donors (Lipinski definition) is 0. The first-order valence-corrected chi connectivity index (χ1v) is 6.05. The largest absolute Gasteiger partial charge is 0.339 e. The second-order valence-corrected chi connectivity index (χ2v) is 4.29. The van der Waals surface area contributed by atoms with Crippen LogP contribution in [-0.2, 0) is 6.42 Å². The lowest BCUT2D eigenvalue weighted by atomic mass is 10.1. The van der Waals surface area contributed by atoms with Gasteiger partial charge in [-0.3, -0.25) is 9.78 Å². The summed E-state index contributed by atoms with van der Waals surface area (Å²) in [6, 6.07) is 3.75. The first-order valence-electron chi connectivity index (χ1n) is 6.05. The van der Waals surface area contributed by atoms with E-state index in [4.69, 9.17) is 0 Å². The van der Waals surface area contributed by atoms with E-state index in [0.717, 1.165) is 50.0 Å². The highest BCUT2D eigenvalue weighted by Crippen LogP contribution is 2.13. The molecule has 1 aliphatic heterocycles. The lowest BCUT2D eigenvalue weighted by Gasteiger charge is -2.15. The second-order valence-electron chi connectivity index (χ2n) is 4.29. The van der Waals surface area contributed by atoms with E-state index < -0.39 is 0 Å². The minimum Gasteiger partial charge on any atom is -0.339 e. The van der Waals surface area contributed by atoms with Crippen molar-refractivity contribution >= 4 is 5.91 Å². The molecule has 17 heavy (non-hydrogen) atoms. The summed E-state index contributed by atoms with van der Waals surface area (Å²) < 4.78 is 0. The molecule has 1 amide bonds. The summed E-state index contributed by atoms with van der Waals surface area (Å²) in [5.74, 6) is 0.164. The quantitative estimate of drug-likeness (QED) is 0.805. The third kappa shape index (κ3) is 3.29. The van der Waals surface area contributed by atoms with E-state index >= 15 is 0 Å². The molecule has 1 aromatic rings. The molecule has 1 saturated heterocycles. The molecule has 0 bridgehead atoms. The highest BCUT2D eigenvalue weighted by Gasteiger charge is 2.19. The molecule has 0 radical (unpaired) electrons. The molecule has 2 heterocycles. The van der Waals surface area contributed by atoms with Crippen molar-refractivity contribution in [2.45, 2.75) is 40.0 Å². The van der Waals surface area contributed by atoms with Gasteiger partial charge in [-0.2, -0.15) is 0 Å². The first-order chi connectivity index (χ1) is 7.81. The van der Waals surface area contributed by atoms with Gasteiger partial charge in [0.05, 0.1) is 0 Å². The van der Waals surface area contributed by atoms with Crippen molar-refractivity contribution in [1.82, 2.24) is 9.88 Å². The van der Waals surface area contributed by atoms with Crippen molar-refractivity contribution in [2.24, 2.45) is 0 Å². The topological polar surface area (TPSA) is 33.2 Å². The molecule has 1 aromatic heterocycles. The molecule has 94 valence electrons. The Kier molecular flexibility index (Phi) is 5.13. The Balaban J connectivity index is 0.00000144. The Bertz CT molecular complexity index is 370. The zero-order valence-electron chi connectivity index (χ0n) is 9.78. The molecule has 1 fully saturated rings. The fourth-order valence-corrected chi connectivity index (χ4v) is 2.11. The zero-order valence-corrected chi connectivity index (χ0v) is 9.78. The van der Waals surface area contributed by atoms with Crippen LogP contribution >= 0.6 is 0 Å². The molecule has 0 atom stereocenters. The van der Waals surface area contributed by atoms with Gasteiger partial charge in [0, 0.05) is 30.5 Å². The van der Waals surface area contributed by atoms with Gasteiger partial charge in [0.25, 0.3) is 5.91 Å². The fraction of sp³-hybridized carbons (Fsp3) is 0.571. The van der Waals surface area contributed by atoms with Gasteiger partial charge in [0.2, 0.25) is 0 Å². The number of pyridine rings is 1. The molecule has 3 nitrogen and oxygen atoms in total. The minimum atomic E-state index is 0. The van der Waals surface area contributed by atoms with Crippen molar-refractivity contribution in [3.8, 4) is 0 Å². The average Bonchev–Trinajstić information content (AvgIpc) is 2.82. The summed E-state index contributed by atoms with van der Waals surface area (Å²) in [6.07, 6.45) is 6.03.